The average molecular weight is 520 g/mol. The van der Waals surface area contributed by atoms with Crippen molar-refractivity contribution >= 4 is 40.7 Å². The van der Waals surface area contributed by atoms with Crippen molar-refractivity contribution < 1.29 is 23.9 Å². The zero-order valence-corrected chi connectivity index (χ0v) is 21.4. The zero-order chi connectivity index (χ0) is 26.5. The topological polar surface area (TPSA) is 97.0 Å². The van der Waals surface area contributed by atoms with Gasteiger partial charge in [0.1, 0.15) is 10.7 Å². The third-order valence-corrected chi connectivity index (χ3v) is 6.28. The number of halogens is 1. The molecule has 0 aromatic heterocycles. The number of methoxy groups -OCH3 is 2. The summed E-state index contributed by atoms with van der Waals surface area (Å²) in [5, 5.41) is 5.60. The third-order valence-electron chi connectivity index (χ3n) is 5.92. The lowest BCUT2D eigenvalue weighted by atomic mass is 10.1. The first-order chi connectivity index (χ1) is 17.8. The lowest BCUT2D eigenvalue weighted by Crippen LogP contribution is -2.32. The molecule has 3 aromatic rings. The predicted octanol–water partition coefficient (Wildman–Crippen LogP) is 4.42. The van der Waals surface area contributed by atoms with Crippen molar-refractivity contribution in [3.63, 3.8) is 0 Å². The summed E-state index contributed by atoms with van der Waals surface area (Å²) < 4.78 is 10.6. The first-order valence-electron chi connectivity index (χ1n) is 11.5. The summed E-state index contributed by atoms with van der Waals surface area (Å²) in [6.45, 7) is 2.21. The molecule has 0 saturated carbocycles. The van der Waals surface area contributed by atoms with Crippen molar-refractivity contribution in [3.8, 4) is 11.5 Å². The number of para-hydroxylation sites is 1. The van der Waals surface area contributed by atoms with Crippen LogP contribution in [0.15, 0.2) is 77.5 Å². The van der Waals surface area contributed by atoms with Gasteiger partial charge in [-0.05, 0) is 60.9 Å². The van der Waals surface area contributed by atoms with Crippen LogP contribution < -0.4 is 25.0 Å². The molecule has 0 saturated heterocycles. The van der Waals surface area contributed by atoms with E-state index in [1.165, 1.54) is 0 Å². The number of nitrogens with one attached hydrogen (secondary N) is 2. The predicted molar refractivity (Wildman–Crippen MR) is 142 cm³/mol. The van der Waals surface area contributed by atoms with Gasteiger partial charge in [-0.1, -0.05) is 41.9 Å². The number of ether oxygens (including phenoxy) is 2. The monoisotopic (exact) mass is 519 g/mol. The fraction of sp³-hybridized carbons (Fsp3) is 0.179. The van der Waals surface area contributed by atoms with E-state index < -0.39 is 11.8 Å². The van der Waals surface area contributed by atoms with E-state index in [0.717, 1.165) is 16.0 Å². The van der Waals surface area contributed by atoms with Crippen LogP contribution in [0.1, 0.15) is 21.5 Å². The minimum absolute atomic E-state index is 0.0408. The number of amides is 3. The molecular formula is C28H26ClN3O5. The number of benzene rings is 3. The van der Waals surface area contributed by atoms with Gasteiger partial charge in [0, 0.05) is 17.8 Å². The van der Waals surface area contributed by atoms with E-state index in [1.807, 2.05) is 37.3 Å². The molecule has 0 bridgehead atoms. The molecule has 0 aliphatic carbocycles. The van der Waals surface area contributed by atoms with Gasteiger partial charge >= 0.3 is 0 Å². The Labute approximate surface area is 219 Å². The lowest BCUT2D eigenvalue weighted by molar-refractivity contribution is -0.120. The molecule has 0 radical (unpaired) electrons. The number of carbonyl (C=O) groups is 3. The number of rotatable bonds is 9. The van der Waals surface area contributed by atoms with Gasteiger partial charge in [-0.3, -0.25) is 14.4 Å². The van der Waals surface area contributed by atoms with Crippen LogP contribution in [0.2, 0.25) is 0 Å². The molecule has 0 atom stereocenters. The van der Waals surface area contributed by atoms with Gasteiger partial charge in [-0.2, -0.15) is 0 Å². The van der Waals surface area contributed by atoms with E-state index in [2.05, 4.69) is 10.6 Å². The summed E-state index contributed by atoms with van der Waals surface area (Å²) in [5.74, 6) is -0.181. The molecule has 1 heterocycles. The molecule has 1 aliphatic rings. The molecule has 0 spiro atoms. The summed E-state index contributed by atoms with van der Waals surface area (Å²) in [5.41, 5.74) is 3.02. The lowest BCUT2D eigenvalue weighted by Gasteiger charge is -2.17. The van der Waals surface area contributed by atoms with E-state index in [1.54, 1.807) is 50.6 Å². The maximum absolute atomic E-state index is 13.1. The maximum atomic E-state index is 13.1. The van der Waals surface area contributed by atoms with Gasteiger partial charge in [-0.25, -0.2) is 4.90 Å². The van der Waals surface area contributed by atoms with Crippen LogP contribution in [0.25, 0.3) is 0 Å². The summed E-state index contributed by atoms with van der Waals surface area (Å²) in [4.78, 5) is 39.6. The van der Waals surface area contributed by atoms with Gasteiger partial charge in [-0.15, -0.1) is 0 Å². The van der Waals surface area contributed by atoms with Crippen molar-refractivity contribution in [3.05, 3.63) is 94.1 Å². The van der Waals surface area contributed by atoms with Crippen molar-refractivity contribution in [2.24, 2.45) is 0 Å². The Balaban J connectivity index is 1.42. The molecule has 3 amide bonds. The fourth-order valence-corrected chi connectivity index (χ4v) is 4.20. The number of aryl methyl sites for hydroxylation is 1. The minimum atomic E-state index is -0.604. The fourth-order valence-electron chi connectivity index (χ4n) is 3.99. The van der Waals surface area contributed by atoms with E-state index in [0.29, 0.717) is 41.4 Å². The molecule has 190 valence electrons. The van der Waals surface area contributed by atoms with Gasteiger partial charge in [0.2, 0.25) is 0 Å². The second-order valence-corrected chi connectivity index (χ2v) is 8.70. The molecule has 8 nitrogen and oxygen atoms in total. The van der Waals surface area contributed by atoms with Crippen molar-refractivity contribution in [2.45, 2.75) is 13.3 Å². The number of hydrogen-bond donors (Lipinski definition) is 2. The number of hydrogen-bond acceptors (Lipinski definition) is 6. The minimum Gasteiger partial charge on any atom is -0.493 e. The van der Waals surface area contributed by atoms with Crippen LogP contribution in [0.4, 0.5) is 11.4 Å². The molecule has 2 N–H and O–H groups in total. The van der Waals surface area contributed by atoms with Crippen LogP contribution in [-0.2, 0) is 16.0 Å². The van der Waals surface area contributed by atoms with E-state index in [4.69, 9.17) is 21.1 Å². The van der Waals surface area contributed by atoms with E-state index in [-0.39, 0.29) is 16.6 Å². The number of imide groups is 1. The zero-order valence-electron chi connectivity index (χ0n) is 20.6. The average Bonchev–Trinajstić information content (AvgIpc) is 3.11. The molecule has 4 rings (SSSR count). The van der Waals surface area contributed by atoms with Gasteiger partial charge < -0.3 is 20.1 Å². The largest absolute Gasteiger partial charge is 0.493 e. The Morgan fingerprint density at radius 1 is 0.919 bits per heavy atom. The summed E-state index contributed by atoms with van der Waals surface area (Å²) in [7, 11) is 3.15. The van der Waals surface area contributed by atoms with Crippen molar-refractivity contribution in [1.82, 2.24) is 5.32 Å². The smallest absolute Gasteiger partial charge is 0.283 e. The number of nitrogens with zero attached hydrogens (tertiary/aromatic N) is 1. The van der Waals surface area contributed by atoms with Crippen LogP contribution in [-0.4, -0.2) is 38.5 Å². The van der Waals surface area contributed by atoms with Gasteiger partial charge in [0.25, 0.3) is 17.7 Å². The van der Waals surface area contributed by atoms with E-state index in [9.17, 15) is 14.4 Å². The Kier molecular flexibility index (Phi) is 7.79. The quantitative estimate of drug-likeness (QED) is 0.406. The Hall–Kier alpha value is -4.30. The molecule has 1 aliphatic heterocycles. The molecular weight excluding hydrogens is 494 g/mol. The van der Waals surface area contributed by atoms with Gasteiger partial charge in [0.05, 0.1) is 19.9 Å². The standard InChI is InChI=1S/C28H26ClN3O5/c1-17-7-4-5-10-21(17)32-27(34)24(29)25(28(32)35)31-20-9-6-8-19(16-20)26(33)30-14-13-18-11-12-22(36-2)23(15-18)37-3/h4-12,15-16,31H,13-14H2,1-3H3,(H,30,33). The molecule has 0 unspecified atom stereocenters. The van der Waals surface area contributed by atoms with Crippen LogP contribution in [0.3, 0.4) is 0 Å². The number of anilines is 2. The van der Waals surface area contributed by atoms with Crippen LogP contribution >= 0.6 is 11.6 Å². The molecule has 3 aromatic carbocycles. The van der Waals surface area contributed by atoms with Crippen LogP contribution in [0.5, 0.6) is 11.5 Å². The van der Waals surface area contributed by atoms with Crippen molar-refractivity contribution in [1.29, 1.82) is 0 Å². The molecule has 9 heteroatoms. The Morgan fingerprint density at radius 3 is 2.41 bits per heavy atom. The van der Waals surface area contributed by atoms with E-state index >= 15 is 0 Å². The SMILES string of the molecule is COc1ccc(CCNC(=O)c2cccc(NC3=C(Cl)C(=O)N(c4ccccc4C)C3=O)c2)cc1OC. The maximum Gasteiger partial charge on any atom is 0.283 e. The van der Waals surface area contributed by atoms with Gasteiger partial charge in [0.15, 0.2) is 11.5 Å². The normalized spacial score (nSPS) is 13.1. The highest BCUT2D eigenvalue weighted by Crippen LogP contribution is 2.32. The highest BCUT2D eigenvalue weighted by Gasteiger charge is 2.39. The molecule has 37 heavy (non-hydrogen) atoms. The first-order valence-corrected chi connectivity index (χ1v) is 11.9. The van der Waals surface area contributed by atoms with Crippen molar-refractivity contribution in [2.75, 3.05) is 31.0 Å². The van der Waals surface area contributed by atoms with Crippen LogP contribution in [0, 0.1) is 6.92 Å². The second-order valence-electron chi connectivity index (χ2n) is 8.32. The first kappa shape index (κ1) is 25.8. The summed E-state index contributed by atoms with van der Waals surface area (Å²) in [6.07, 6.45) is 0.595. The highest BCUT2D eigenvalue weighted by molar-refractivity contribution is 6.53. The summed E-state index contributed by atoms with van der Waals surface area (Å²) >= 11 is 6.25. The molecule has 0 fully saturated rings. The Morgan fingerprint density at radius 2 is 1.68 bits per heavy atom. The second kappa shape index (κ2) is 11.2. The highest BCUT2D eigenvalue weighted by atomic mass is 35.5. The Bertz CT molecular complexity index is 1400. The summed E-state index contributed by atoms with van der Waals surface area (Å²) in [6, 6.07) is 19.3. The number of carbonyl (C=O) groups excluding carboxylic acids is 3. The third kappa shape index (κ3) is 5.44.